The number of carboxylic acid groups (broad SMARTS) is 1. The molecule has 0 bridgehead atoms. The Morgan fingerprint density at radius 3 is 3.00 bits per heavy atom. The van der Waals surface area contributed by atoms with Crippen LogP contribution in [0.2, 0.25) is 0 Å². The van der Waals surface area contributed by atoms with Gasteiger partial charge in [0.1, 0.15) is 5.75 Å². The highest BCUT2D eigenvalue weighted by molar-refractivity contribution is 5.66. The molecule has 1 aliphatic heterocycles. The van der Waals surface area contributed by atoms with Crippen LogP contribution in [0.25, 0.3) is 0 Å². The summed E-state index contributed by atoms with van der Waals surface area (Å²) in [5.74, 6) is 1.16. The van der Waals surface area contributed by atoms with Gasteiger partial charge in [-0.05, 0) is 24.7 Å². The van der Waals surface area contributed by atoms with Gasteiger partial charge in [-0.15, -0.1) is 0 Å². The molecule has 1 aromatic carbocycles. The molecule has 98 valence electrons. The van der Waals surface area contributed by atoms with Crippen molar-refractivity contribution in [2.45, 2.75) is 6.54 Å². The second-order valence-electron chi connectivity index (χ2n) is 4.54. The standard InChI is InChI=1S/C13H18N2O3/c1-14-6-10-3-2-4-12(5-10)18-9-11-7-15(8-11)13(16)17/h2-5,11,14H,6-9H2,1H3,(H,16,17). The predicted molar refractivity (Wildman–Crippen MR) is 67.8 cm³/mol. The molecule has 0 spiro atoms. The normalized spacial score (nSPS) is 15.3. The molecule has 2 N–H and O–H groups in total. The molecular formula is C13H18N2O3. The summed E-state index contributed by atoms with van der Waals surface area (Å²) < 4.78 is 5.68. The summed E-state index contributed by atoms with van der Waals surface area (Å²) in [7, 11) is 1.91. The van der Waals surface area contributed by atoms with E-state index in [-0.39, 0.29) is 0 Å². The number of ether oxygens (including phenoxy) is 1. The van der Waals surface area contributed by atoms with E-state index in [4.69, 9.17) is 9.84 Å². The highest BCUT2D eigenvalue weighted by atomic mass is 16.5. The molecule has 5 nitrogen and oxygen atoms in total. The Morgan fingerprint density at radius 2 is 2.33 bits per heavy atom. The summed E-state index contributed by atoms with van der Waals surface area (Å²) in [6.45, 7) is 2.54. The summed E-state index contributed by atoms with van der Waals surface area (Å²) >= 11 is 0. The van der Waals surface area contributed by atoms with Crippen molar-refractivity contribution in [3.05, 3.63) is 29.8 Å². The second-order valence-corrected chi connectivity index (χ2v) is 4.54. The lowest BCUT2D eigenvalue weighted by Crippen LogP contribution is -2.51. The van der Waals surface area contributed by atoms with E-state index >= 15 is 0 Å². The van der Waals surface area contributed by atoms with Crippen LogP contribution in [0.4, 0.5) is 4.79 Å². The highest BCUT2D eigenvalue weighted by Gasteiger charge is 2.30. The molecular weight excluding hydrogens is 232 g/mol. The first-order valence-corrected chi connectivity index (χ1v) is 6.03. The van der Waals surface area contributed by atoms with Crippen molar-refractivity contribution in [3.8, 4) is 5.75 Å². The topological polar surface area (TPSA) is 61.8 Å². The van der Waals surface area contributed by atoms with E-state index in [0.717, 1.165) is 12.3 Å². The lowest BCUT2D eigenvalue weighted by Gasteiger charge is -2.36. The Hall–Kier alpha value is -1.75. The molecule has 18 heavy (non-hydrogen) atoms. The maximum absolute atomic E-state index is 10.6. The molecule has 0 saturated carbocycles. The third-order valence-corrected chi connectivity index (χ3v) is 2.99. The lowest BCUT2D eigenvalue weighted by molar-refractivity contribution is 0.0585. The zero-order valence-electron chi connectivity index (χ0n) is 10.4. The van der Waals surface area contributed by atoms with E-state index in [1.807, 2.05) is 31.3 Å². The Labute approximate surface area is 106 Å². The van der Waals surface area contributed by atoms with E-state index < -0.39 is 6.09 Å². The molecule has 1 heterocycles. The van der Waals surface area contributed by atoms with Crippen LogP contribution in [0, 0.1) is 5.92 Å². The van der Waals surface area contributed by atoms with E-state index in [1.165, 1.54) is 10.5 Å². The molecule has 0 radical (unpaired) electrons. The molecule has 5 heteroatoms. The largest absolute Gasteiger partial charge is 0.493 e. The van der Waals surface area contributed by atoms with Gasteiger partial charge in [0.05, 0.1) is 6.61 Å². The van der Waals surface area contributed by atoms with Crippen molar-refractivity contribution in [1.82, 2.24) is 10.2 Å². The fourth-order valence-corrected chi connectivity index (χ4v) is 1.99. The molecule has 1 saturated heterocycles. The van der Waals surface area contributed by atoms with Gasteiger partial charge in [0.2, 0.25) is 0 Å². The fourth-order valence-electron chi connectivity index (χ4n) is 1.99. The zero-order valence-corrected chi connectivity index (χ0v) is 10.4. The number of hydrogen-bond acceptors (Lipinski definition) is 3. The first-order chi connectivity index (χ1) is 8.69. The van der Waals surface area contributed by atoms with Crippen molar-refractivity contribution < 1.29 is 14.6 Å². The number of nitrogens with zero attached hydrogens (tertiary/aromatic N) is 1. The number of hydrogen-bond donors (Lipinski definition) is 2. The Bertz CT molecular complexity index is 416. The maximum atomic E-state index is 10.6. The molecule has 0 unspecified atom stereocenters. The van der Waals surface area contributed by atoms with E-state index in [2.05, 4.69) is 5.32 Å². The first kappa shape index (κ1) is 12.7. The van der Waals surface area contributed by atoms with Crippen LogP contribution in [0.3, 0.4) is 0 Å². The molecule has 1 amide bonds. The van der Waals surface area contributed by atoms with Crippen LogP contribution in [0.15, 0.2) is 24.3 Å². The van der Waals surface area contributed by atoms with E-state index in [0.29, 0.717) is 25.6 Å². The molecule has 0 atom stereocenters. The van der Waals surface area contributed by atoms with Gasteiger partial charge in [-0.25, -0.2) is 4.79 Å². The monoisotopic (exact) mass is 250 g/mol. The SMILES string of the molecule is CNCc1cccc(OCC2CN(C(=O)O)C2)c1. The van der Waals surface area contributed by atoms with Gasteiger partial charge in [-0.3, -0.25) is 0 Å². The molecule has 0 aliphatic carbocycles. The summed E-state index contributed by atoms with van der Waals surface area (Å²) in [6.07, 6.45) is -0.845. The van der Waals surface area contributed by atoms with Crippen molar-refractivity contribution >= 4 is 6.09 Å². The van der Waals surface area contributed by atoms with Gasteiger partial charge in [-0.1, -0.05) is 12.1 Å². The number of nitrogens with one attached hydrogen (secondary N) is 1. The number of benzene rings is 1. The van der Waals surface area contributed by atoms with Crippen LogP contribution in [-0.4, -0.2) is 42.8 Å². The van der Waals surface area contributed by atoms with E-state index in [9.17, 15) is 4.79 Å². The predicted octanol–water partition coefficient (Wildman–Crippen LogP) is 1.39. The average Bonchev–Trinajstić information content (AvgIpc) is 2.27. The molecule has 0 aromatic heterocycles. The van der Waals surface area contributed by atoms with Crippen molar-refractivity contribution in [1.29, 1.82) is 0 Å². The van der Waals surface area contributed by atoms with Gasteiger partial charge < -0.3 is 20.1 Å². The fraction of sp³-hybridized carbons (Fsp3) is 0.462. The minimum absolute atomic E-state index is 0.314. The van der Waals surface area contributed by atoms with Crippen molar-refractivity contribution in [2.24, 2.45) is 5.92 Å². The van der Waals surface area contributed by atoms with E-state index in [1.54, 1.807) is 0 Å². The minimum atomic E-state index is -0.845. The smallest absolute Gasteiger partial charge is 0.407 e. The summed E-state index contributed by atoms with van der Waals surface area (Å²) in [5, 5.41) is 11.8. The quantitative estimate of drug-likeness (QED) is 0.829. The summed E-state index contributed by atoms with van der Waals surface area (Å²) in [4.78, 5) is 12.0. The Balaban J connectivity index is 1.77. The summed E-state index contributed by atoms with van der Waals surface area (Å²) in [5.41, 5.74) is 1.18. The van der Waals surface area contributed by atoms with Crippen LogP contribution in [-0.2, 0) is 6.54 Å². The van der Waals surface area contributed by atoms with Gasteiger partial charge in [-0.2, -0.15) is 0 Å². The number of amides is 1. The van der Waals surface area contributed by atoms with Gasteiger partial charge in [0, 0.05) is 25.6 Å². The molecule has 1 aliphatic rings. The summed E-state index contributed by atoms with van der Waals surface area (Å²) in [6, 6.07) is 7.93. The number of rotatable bonds is 5. The minimum Gasteiger partial charge on any atom is -0.493 e. The maximum Gasteiger partial charge on any atom is 0.407 e. The highest BCUT2D eigenvalue weighted by Crippen LogP contribution is 2.19. The number of carbonyl (C=O) groups is 1. The second kappa shape index (κ2) is 5.73. The van der Waals surface area contributed by atoms with Gasteiger partial charge in [0.15, 0.2) is 0 Å². The van der Waals surface area contributed by atoms with Crippen LogP contribution in [0.5, 0.6) is 5.75 Å². The van der Waals surface area contributed by atoms with Gasteiger partial charge >= 0.3 is 6.09 Å². The third-order valence-electron chi connectivity index (χ3n) is 2.99. The molecule has 1 fully saturated rings. The molecule has 1 aromatic rings. The lowest BCUT2D eigenvalue weighted by atomic mass is 10.0. The Morgan fingerprint density at radius 1 is 1.56 bits per heavy atom. The first-order valence-electron chi connectivity index (χ1n) is 6.03. The van der Waals surface area contributed by atoms with Crippen molar-refractivity contribution in [2.75, 3.05) is 26.7 Å². The van der Waals surface area contributed by atoms with Crippen LogP contribution in [0.1, 0.15) is 5.56 Å². The van der Waals surface area contributed by atoms with Crippen LogP contribution < -0.4 is 10.1 Å². The average molecular weight is 250 g/mol. The Kier molecular flexibility index (Phi) is 4.04. The van der Waals surface area contributed by atoms with Crippen molar-refractivity contribution in [3.63, 3.8) is 0 Å². The van der Waals surface area contributed by atoms with Crippen LogP contribution >= 0.6 is 0 Å². The van der Waals surface area contributed by atoms with Gasteiger partial charge in [0.25, 0.3) is 0 Å². The molecule has 2 rings (SSSR count). The zero-order chi connectivity index (χ0) is 13.0. The number of likely N-dealkylation sites (tertiary alicyclic amines) is 1. The third kappa shape index (κ3) is 3.13.